The number of ether oxygens (including phenoxy) is 2. The lowest BCUT2D eigenvalue weighted by atomic mass is 10.2. The summed E-state index contributed by atoms with van der Waals surface area (Å²) in [7, 11) is 1.31. The molecule has 0 aromatic rings. The molecule has 0 saturated carbocycles. The second kappa shape index (κ2) is 5.80. The first-order valence-electron chi connectivity index (χ1n) is 4.78. The van der Waals surface area contributed by atoms with Gasteiger partial charge in [-0.25, -0.2) is 9.59 Å². The Morgan fingerprint density at radius 1 is 1.53 bits per heavy atom. The molecule has 0 bridgehead atoms. The van der Waals surface area contributed by atoms with Crippen LogP contribution < -0.4 is 0 Å². The molecular formula is C9H14ClNO4. The monoisotopic (exact) mass is 235 g/mol. The van der Waals surface area contributed by atoms with E-state index >= 15 is 0 Å². The van der Waals surface area contributed by atoms with E-state index < -0.39 is 18.1 Å². The van der Waals surface area contributed by atoms with E-state index in [2.05, 4.69) is 4.74 Å². The van der Waals surface area contributed by atoms with E-state index in [0.717, 1.165) is 6.42 Å². The summed E-state index contributed by atoms with van der Waals surface area (Å²) in [6, 6.07) is -0.502. The molecule has 5 nitrogen and oxygen atoms in total. The van der Waals surface area contributed by atoms with Gasteiger partial charge in [-0.3, -0.25) is 4.90 Å². The molecule has 1 aliphatic rings. The molecule has 0 aliphatic carbocycles. The molecule has 0 aromatic heterocycles. The van der Waals surface area contributed by atoms with Gasteiger partial charge in [0.2, 0.25) is 0 Å². The number of rotatable bonds is 3. The highest BCUT2D eigenvalue weighted by atomic mass is 35.5. The molecule has 15 heavy (non-hydrogen) atoms. The van der Waals surface area contributed by atoms with Crippen molar-refractivity contribution in [3.63, 3.8) is 0 Å². The second-order valence-corrected chi connectivity index (χ2v) is 3.56. The predicted octanol–water partition coefficient (Wildman–Crippen LogP) is 0.999. The van der Waals surface area contributed by atoms with Crippen LogP contribution in [0.3, 0.4) is 0 Å². The number of hydrogen-bond acceptors (Lipinski definition) is 4. The van der Waals surface area contributed by atoms with Crippen molar-refractivity contribution in [2.24, 2.45) is 0 Å². The quantitative estimate of drug-likeness (QED) is 0.541. The number of nitrogens with zero attached hydrogens (tertiary/aromatic N) is 1. The van der Waals surface area contributed by atoms with Crippen molar-refractivity contribution in [3.05, 3.63) is 0 Å². The molecule has 6 heteroatoms. The van der Waals surface area contributed by atoms with Gasteiger partial charge in [0.1, 0.15) is 12.6 Å². The van der Waals surface area contributed by atoms with Crippen molar-refractivity contribution < 1.29 is 19.1 Å². The third kappa shape index (κ3) is 2.99. The number of alkyl halides is 1. The third-order valence-electron chi connectivity index (χ3n) is 2.26. The fourth-order valence-electron chi connectivity index (χ4n) is 1.58. The van der Waals surface area contributed by atoms with E-state index in [1.165, 1.54) is 12.0 Å². The Morgan fingerprint density at radius 3 is 2.87 bits per heavy atom. The Balaban J connectivity index is 2.52. The minimum Gasteiger partial charge on any atom is -0.467 e. The summed E-state index contributed by atoms with van der Waals surface area (Å²) in [4.78, 5) is 24.2. The Hall–Kier alpha value is -0.970. The van der Waals surface area contributed by atoms with Crippen LogP contribution >= 0.6 is 11.6 Å². The fourth-order valence-corrected chi connectivity index (χ4v) is 1.65. The van der Waals surface area contributed by atoms with Crippen LogP contribution in [-0.4, -0.2) is 49.1 Å². The Labute approximate surface area is 93.3 Å². The average molecular weight is 236 g/mol. The average Bonchev–Trinajstić information content (AvgIpc) is 2.73. The van der Waals surface area contributed by atoms with E-state index in [9.17, 15) is 9.59 Å². The number of halogens is 1. The topological polar surface area (TPSA) is 55.8 Å². The van der Waals surface area contributed by atoms with Crippen LogP contribution in [0, 0.1) is 0 Å². The van der Waals surface area contributed by atoms with Gasteiger partial charge in [0.05, 0.1) is 13.0 Å². The van der Waals surface area contributed by atoms with E-state index in [1.54, 1.807) is 0 Å². The van der Waals surface area contributed by atoms with Gasteiger partial charge in [0, 0.05) is 6.54 Å². The van der Waals surface area contributed by atoms with E-state index in [-0.39, 0.29) is 12.5 Å². The molecule has 0 spiro atoms. The van der Waals surface area contributed by atoms with Crippen LogP contribution in [0.25, 0.3) is 0 Å². The van der Waals surface area contributed by atoms with Gasteiger partial charge in [0.15, 0.2) is 0 Å². The maximum atomic E-state index is 11.5. The van der Waals surface area contributed by atoms with Crippen LogP contribution in [0.1, 0.15) is 12.8 Å². The predicted molar refractivity (Wildman–Crippen MR) is 53.8 cm³/mol. The number of amides is 1. The summed E-state index contributed by atoms with van der Waals surface area (Å²) in [5, 5.41) is 0. The molecule has 1 heterocycles. The van der Waals surface area contributed by atoms with E-state index in [4.69, 9.17) is 16.3 Å². The molecular weight excluding hydrogens is 222 g/mol. The SMILES string of the molecule is COC(=O)C1CCCN1C(=O)OCCCl. The van der Waals surface area contributed by atoms with Gasteiger partial charge in [0.25, 0.3) is 0 Å². The molecule has 0 N–H and O–H groups in total. The zero-order valence-corrected chi connectivity index (χ0v) is 9.33. The maximum absolute atomic E-state index is 11.5. The van der Waals surface area contributed by atoms with Gasteiger partial charge >= 0.3 is 12.1 Å². The van der Waals surface area contributed by atoms with Crippen molar-refractivity contribution in [1.29, 1.82) is 0 Å². The first kappa shape index (κ1) is 12.1. The Kier molecular flexibility index (Phi) is 4.68. The molecule has 1 saturated heterocycles. The van der Waals surface area contributed by atoms with Crippen LogP contribution in [0.4, 0.5) is 4.79 Å². The van der Waals surface area contributed by atoms with Gasteiger partial charge in [-0.15, -0.1) is 11.6 Å². The van der Waals surface area contributed by atoms with E-state index in [1.807, 2.05) is 0 Å². The molecule has 1 fully saturated rings. The zero-order valence-electron chi connectivity index (χ0n) is 8.57. The van der Waals surface area contributed by atoms with Crippen LogP contribution in [0.5, 0.6) is 0 Å². The smallest absolute Gasteiger partial charge is 0.410 e. The number of likely N-dealkylation sites (tertiary alicyclic amines) is 1. The number of esters is 1. The highest BCUT2D eigenvalue weighted by molar-refractivity contribution is 6.18. The molecule has 1 rings (SSSR count). The summed E-state index contributed by atoms with van der Waals surface area (Å²) in [5.74, 6) is -0.141. The standard InChI is InChI=1S/C9H14ClNO4/c1-14-8(12)7-3-2-5-11(7)9(13)15-6-4-10/h7H,2-6H2,1H3. The number of methoxy groups -OCH3 is 1. The summed E-state index contributed by atoms with van der Waals surface area (Å²) in [6.07, 6.45) is 0.918. The fraction of sp³-hybridized carbons (Fsp3) is 0.778. The van der Waals surface area contributed by atoms with Crippen molar-refractivity contribution in [2.45, 2.75) is 18.9 Å². The van der Waals surface area contributed by atoms with Crippen LogP contribution in [-0.2, 0) is 14.3 Å². The minimum absolute atomic E-state index is 0.158. The minimum atomic E-state index is -0.502. The van der Waals surface area contributed by atoms with Gasteiger partial charge in [-0.1, -0.05) is 0 Å². The molecule has 86 valence electrons. The second-order valence-electron chi connectivity index (χ2n) is 3.18. The van der Waals surface area contributed by atoms with E-state index in [0.29, 0.717) is 13.0 Å². The molecule has 0 radical (unpaired) electrons. The Bertz CT molecular complexity index is 246. The Morgan fingerprint density at radius 2 is 2.27 bits per heavy atom. The van der Waals surface area contributed by atoms with Gasteiger partial charge < -0.3 is 9.47 Å². The van der Waals surface area contributed by atoms with Crippen LogP contribution in [0.2, 0.25) is 0 Å². The summed E-state index contributed by atoms with van der Waals surface area (Å²) in [6.45, 7) is 0.686. The summed E-state index contributed by atoms with van der Waals surface area (Å²) >= 11 is 5.39. The normalized spacial score (nSPS) is 20.1. The van der Waals surface area contributed by atoms with Gasteiger partial charge in [-0.05, 0) is 12.8 Å². The largest absolute Gasteiger partial charge is 0.467 e. The first-order valence-corrected chi connectivity index (χ1v) is 5.31. The number of carbonyl (C=O) groups excluding carboxylic acids is 2. The molecule has 0 aromatic carbocycles. The van der Waals surface area contributed by atoms with Crippen molar-refractivity contribution >= 4 is 23.7 Å². The lowest BCUT2D eigenvalue weighted by Crippen LogP contribution is -2.41. The lowest BCUT2D eigenvalue weighted by molar-refractivity contribution is -0.145. The zero-order chi connectivity index (χ0) is 11.3. The van der Waals surface area contributed by atoms with Gasteiger partial charge in [-0.2, -0.15) is 0 Å². The molecule has 1 atom stereocenters. The summed E-state index contributed by atoms with van der Waals surface area (Å²) in [5.41, 5.74) is 0. The number of hydrogen-bond donors (Lipinski definition) is 0. The highest BCUT2D eigenvalue weighted by Gasteiger charge is 2.35. The summed E-state index contributed by atoms with van der Waals surface area (Å²) < 4.78 is 9.45. The third-order valence-corrected chi connectivity index (χ3v) is 2.42. The molecule has 1 amide bonds. The first-order chi connectivity index (χ1) is 7.20. The number of carbonyl (C=O) groups is 2. The highest BCUT2D eigenvalue weighted by Crippen LogP contribution is 2.19. The maximum Gasteiger partial charge on any atom is 0.410 e. The van der Waals surface area contributed by atoms with Crippen LogP contribution in [0.15, 0.2) is 0 Å². The van der Waals surface area contributed by atoms with Crippen molar-refractivity contribution in [1.82, 2.24) is 4.90 Å². The van der Waals surface area contributed by atoms with Crippen molar-refractivity contribution in [2.75, 3.05) is 26.1 Å². The molecule has 1 unspecified atom stereocenters. The molecule has 1 aliphatic heterocycles. The van der Waals surface area contributed by atoms with Crippen molar-refractivity contribution in [3.8, 4) is 0 Å². The lowest BCUT2D eigenvalue weighted by Gasteiger charge is -2.21.